The Morgan fingerprint density at radius 1 is 1.56 bits per heavy atom. The molecule has 18 heavy (non-hydrogen) atoms. The van der Waals surface area contributed by atoms with Crippen LogP contribution in [0.5, 0.6) is 5.75 Å². The van der Waals surface area contributed by atoms with Crippen LogP contribution in [0.1, 0.15) is 13.3 Å². The van der Waals surface area contributed by atoms with Gasteiger partial charge in [0.15, 0.2) is 0 Å². The maximum absolute atomic E-state index is 12.1. The number of hydrogen-bond donors (Lipinski definition) is 1. The van der Waals surface area contributed by atoms with Gasteiger partial charge in [0, 0.05) is 30.0 Å². The highest BCUT2D eigenvalue weighted by molar-refractivity contribution is 6.31. The van der Waals surface area contributed by atoms with Gasteiger partial charge in [-0.25, -0.2) is 0 Å². The van der Waals surface area contributed by atoms with Crippen molar-refractivity contribution < 1.29 is 14.6 Å². The SMILES string of the molecule is COc1ccc(Cl)cc1N1C(=O)CC(CO)C1C. The van der Waals surface area contributed by atoms with Gasteiger partial charge in [0.2, 0.25) is 5.91 Å². The normalized spacial score (nSPS) is 23.6. The number of anilines is 1. The average Bonchev–Trinajstić information content (AvgIpc) is 2.64. The summed E-state index contributed by atoms with van der Waals surface area (Å²) in [6.07, 6.45) is 0.354. The molecule has 0 bridgehead atoms. The number of benzene rings is 1. The van der Waals surface area contributed by atoms with Crippen molar-refractivity contribution in [2.75, 3.05) is 18.6 Å². The second-order valence-corrected chi connectivity index (χ2v) is 4.90. The molecule has 1 aromatic carbocycles. The van der Waals surface area contributed by atoms with Crippen molar-refractivity contribution in [2.45, 2.75) is 19.4 Å². The molecule has 0 aromatic heterocycles. The van der Waals surface area contributed by atoms with E-state index in [1.165, 1.54) is 0 Å². The van der Waals surface area contributed by atoms with Crippen LogP contribution >= 0.6 is 11.6 Å². The summed E-state index contributed by atoms with van der Waals surface area (Å²) < 4.78 is 5.26. The Bertz CT molecular complexity index is 464. The van der Waals surface area contributed by atoms with E-state index in [1.807, 2.05) is 6.92 Å². The van der Waals surface area contributed by atoms with Gasteiger partial charge in [-0.1, -0.05) is 11.6 Å². The van der Waals surface area contributed by atoms with Crippen LogP contribution in [0.15, 0.2) is 18.2 Å². The lowest BCUT2D eigenvalue weighted by molar-refractivity contribution is -0.117. The van der Waals surface area contributed by atoms with Gasteiger partial charge in [0.25, 0.3) is 0 Å². The fourth-order valence-electron chi connectivity index (χ4n) is 2.35. The predicted molar refractivity (Wildman–Crippen MR) is 70.1 cm³/mol. The molecule has 1 N–H and O–H groups in total. The third kappa shape index (κ3) is 2.18. The predicted octanol–water partition coefficient (Wildman–Crippen LogP) is 2.08. The van der Waals surface area contributed by atoms with Crippen LogP contribution in [0.2, 0.25) is 5.02 Å². The largest absolute Gasteiger partial charge is 0.495 e. The van der Waals surface area contributed by atoms with Crippen molar-refractivity contribution in [3.8, 4) is 5.75 Å². The molecule has 1 amide bonds. The summed E-state index contributed by atoms with van der Waals surface area (Å²) in [4.78, 5) is 13.7. The molecule has 4 nitrogen and oxygen atoms in total. The zero-order chi connectivity index (χ0) is 13.3. The molecule has 5 heteroatoms. The number of nitrogens with zero attached hydrogens (tertiary/aromatic N) is 1. The lowest BCUT2D eigenvalue weighted by Crippen LogP contribution is -2.33. The van der Waals surface area contributed by atoms with Crippen molar-refractivity contribution in [1.29, 1.82) is 0 Å². The minimum absolute atomic E-state index is 0.00624. The van der Waals surface area contributed by atoms with Crippen LogP contribution in [0, 0.1) is 5.92 Å². The van der Waals surface area contributed by atoms with Gasteiger partial charge >= 0.3 is 0 Å². The molecule has 2 rings (SSSR count). The molecule has 98 valence electrons. The van der Waals surface area contributed by atoms with Crippen LogP contribution in [0.4, 0.5) is 5.69 Å². The van der Waals surface area contributed by atoms with E-state index in [0.29, 0.717) is 22.9 Å². The highest BCUT2D eigenvalue weighted by atomic mass is 35.5. The van der Waals surface area contributed by atoms with Gasteiger partial charge < -0.3 is 14.7 Å². The number of halogens is 1. The van der Waals surface area contributed by atoms with E-state index in [0.717, 1.165) is 0 Å². The number of amides is 1. The minimum Gasteiger partial charge on any atom is -0.495 e. The molecule has 0 spiro atoms. The number of carbonyl (C=O) groups excluding carboxylic acids is 1. The summed E-state index contributed by atoms with van der Waals surface area (Å²) in [6, 6.07) is 5.12. The van der Waals surface area contributed by atoms with Gasteiger partial charge in [0.05, 0.1) is 12.8 Å². The molecule has 1 saturated heterocycles. The van der Waals surface area contributed by atoms with Crippen molar-refractivity contribution in [2.24, 2.45) is 5.92 Å². The highest BCUT2D eigenvalue weighted by Gasteiger charge is 2.38. The first-order chi connectivity index (χ1) is 8.58. The minimum atomic E-state index is -0.0603. The zero-order valence-electron chi connectivity index (χ0n) is 10.4. The number of hydrogen-bond acceptors (Lipinski definition) is 3. The first-order valence-corrected chi connectivity index (χ1v) is 6.22. The molecule has 2 atom stereocenters. The summed E-state index contributed by atoms with van der Waals surface area (Å²) in [5, 5.41) is 9.82. The molecular weight excluding hydrogens is 254 g/mol. The molecular formula is C13H16ClNO3. The van der Waals surface area contributed by atoms with E-state index in [9.17, 15) is 9.90 Å². The number of aliphatic hydroxyl groups is 1. The molecule has 1 aliphatic rings. The summed E-state index contributed by atoms with van der Waals surface area (Å²) in [6.45, 7) is 1.93. The van der Waals surface area contributed by atoms with Crippen LogP contribution in [-0.4, -0.2) is 30.8 Å². The number of aliphatic hydroxyl groups excluding tert-OH is 1. The number of methoxy groups -OCH3 is 1. The van der Waals surface area contributed by atoms with Crippen LogP contribution in [0.25, 0.3) is 0 Å². The van der Waals surface area contributed by atoms with E-state index < -0.39 is 0 Å². The second kappa shape index (κ2) is 5.16. The summed E-state index contributed by atoms with van der Waals surface area (Å²) in [5.41, 5.74) is 0.665. The Morgan fingerprint density at radius 2 is 2.28 bits per heavy atom. The molecule has 0 radical (unpaired) electrons. The summed E-state index contributed by atoms with van der Waals surface area (Å²) in [7, 11) is 1.56. The van der Waals surface area contributed by atoms with Gasteiger partial charge in [-0.2, -0.15) is 0 Å². The number of ether oxygens (including phenoxy) is 1. The summed E-state index contributed by atoms with van der Waals surface area (Å²) >= 11 is 5.98. The van der Waals surface area contributed by atoms with E-state index in [4.69, 9.17) is 16.3 Å². The van der Waals surface area contributed by atoms with Crippen LogP contribution in [-0.2, 0) is 4.79 Å². The van der Waals surface area contributed by atoms with Gasteiger partial charge in [-0.3, -0.25) is 4.79 Å². The number of rotatable bonds is 3. The standard InChI is InChI=1S/C13H16ClNO3/c1-8-9(7-16)5-13(17)15(8)11-6-10(14)3-4-12(11)18-2/h3-4,6,8-9,16H,5,7H2,1-2H3. The lowest BCUT2D eigenvalue weighted by atomic mass is 10.0. The number of carbonyl (C=O) groups is 1. The van der Waals surface area contributed by atoms with E-state index in [2.05, 4.69) is 0 Å². The quantitative estimate of drug-likeness (QED) is 0.914. The van der Waals surface area contributed by atoms with Crippen molar-refractivity contribution in [3.05, 3.63) is 23.2 Å². The Kier molecular flexibility index (Phi) is 3.78. The second-order valence-electron chi connectivity index (χ2n) is 4.47. The fourth-order valence-corrected chi connectivity index (χ4v) is 2.52. The van der Waals surface area contributed by atoms with Crippen LogP contribution in [0.3, 0.4) is 0 Å². The van der Waals surface area contributed by atoms with E-state index >= 15 is 0 Å². The van der Waals surface area contributed by atoms with Gasteiger partial charge in [-0.05, 0) is 25.1 Å². The molecule has 1 aromatic rings. The Labute approximate surface area is 111 Å². The summed E-state index contributed by atoms with van der Waals surface area (Å²) in [5.74, 6) is 0.557. The Hall–Kier alpha value is -1.26. The molecule has 2 unspecified atom stereocenters. The van der Waals surface area contributed by atoms with Crippen molar-refractivity contribution in [3.63, 3.8) is 0 Å². The zero-order valence-corrected chi connectivity index (χ0v) is 11.1. The average molecular weight is 270 g/mol. The maximum atomic E-state index is 12.1. The Balaban J connectivity index is 2.42. The van der Waals surface area contributed by atoms with E-state index in [-0.39, 0.29) is 24.5 Å². The maximum Gasteiger partial charge on any atom is 0.227 e. The van der Waals surface area contributed by atoms with Gasteiger partial charge in [0.1, 0.15) is 5.75 Å². The first-order valence-electron chi connectivity index (χ1n) is 5.85. The molecule has 0 saturated carbocycles. The molecule has 1 aliphatic heterocycles. The van der Waals surface area contributed by atoms with E-state index in [1.54, 1.807) is 30.2 Å². The molecule has 0 aliphatic carbocycles. The molecule has 1 fully saturated rings. The highest BCUT2D eigenvalue weighted by Crippen LogP contribution is 2.38. The molecule has 1 heterocycles. The third-order valence-electron chi connectivity index (χ3n) is 3.43. The smallest absolute Gasteiger partial charge is 0.227 e. The van der Waals surface area contributed by atoms with Gasteiger partial charge in [-0.15, -0.1) is 0 Å². The first kappa shape index (κ1) is 13.2. The van der Waals surface area contributed by atoms with Crippen LogP contribution < -0.4 is 9.64 Å². The van der Waals surface area contributed by atoms with Crippen molar-refractivity contribution >= 4 is 23.2 Å². The lowest BCUT2D eigenvalue weighted by Gasteiger charge is -2.26. The fraction of sp³-hybridized carbons (Fsp3) is 0.462. The monoisotopic (exact) mass is 269 g/mol. The van der Waals surface area contributed by atoms with Crippen molar-refractivity contribution in [1.82, 2.24) is 0 Å². The third-order valence-corrected chi connectivity index (χ3v) is 3.67. The topological polar surface area (TPSA) is 49.8 Å². The Morgan fingerprint density at radius 3 is 2.83 bits per heavy atom.